The highest BCUT2D eigenvalue weighted by Gasteiger charge is 2.05. The average Bonchev–Trinajstić information content (AvgIpc) is 3.02. The molecular weight excluding hydrogens is 286 g/mol. The van der Waals surface area contributed by atoms with Crippen molar-refractivity contribution in [2.45, 2.75) is 13.5 Å². The van der Waals surface area contributed by atoms with Crippen molar-refractivity contribution in [2.75, 3.05) is 7.11 Å². The zero-order valence-electron chi connectivity index (χ0n) is 13.3. The van der Waals surface area contributed by atoms with Crippen LogP contribution in [0.15, 0.2) is 60.8 Å². The summed E-state index contributed by atoms with van der Waals surface area (Å²) < 4.78 is 7.25. The van der Waals surface area contributed by atoms with Crippen molar-refractivity contribution in [1.29, 1.82) is 0 Å². The van der Waals surface area contributed by atoms with E-state index in [2.05, 4.69) is 22.4 Å². The Morgan fingerprint density at radius 2 is 1.83 bits per heavy atom. The van der Waals surface area contributed by atoms with Crippen molar-refractivity contribution in [3.05, 3.63) is 77.6 Å². The molecule has 4 nitrogen and oxygen atoms in total. The van der Waals surface area contributed by atoms with E-state index in [0.717, 1.165) is 29.1 Å². The number of methoxy groups -OCH3 is 1. The summed E-state index contributed by atoms with van der Waals surface area (Å²) in [5.74, 6) is 0.859. The van der Waals surface area contributed by atoms with Gasteiger partial charge in [-0.25, -0.2) is 4.68 Å². The fourth-order valence-electron chi connectivity index (χ4n) is 2.50. The minimum atomic E-state index is 0.718. The monoisotopic (exact) mass is 305 g/mol. The van der Waals surface area contributed by atoms with Gasteiger partial charge in [0.2, 0.25) is 0 Å². The number of nitrogens with zero attached hydrogens (tertiary/aromatic N) is 3. The molecule has 0 atom stereocenters. The Morgan fingerprint density at radius 1 is 1.09 bits per heavy atom. The largest absolute Gasteiger partial charge is 0.496 e. The number of para-hydroxylation sites is 1. The Bertz CT molecular complexity index is 806. The molecule has 0 unspecified atom stereocenters. The highest BCUT2D eigenvalue weighted by molar-refractivity contribution is 5.81. The Balaban J connectivity index is 1.80. The predicted molar refractivity (Wildman–Crippen MR) is 92.1 cm³/mol. The van der Waals surface area contributed by atoms with E-state index in [1.807, 2.05) is 66.3 Å². The molecule has 0 aliphatic carbocycles. The normalized spacial score (nSPS) is 11.5. The SMILES string of the molecule is COc1ccccc1/C(C)=C\c1cn(Cc2ccccc2)nn1. The minimum absolute atomic E-state index is 0.718. The lowest BCUT2D eigenvalue weighted by molar-refractivity contribution is 0.413. The van der Waals surface area contributed by atoms with Crippen LogP contribution in [0.4, 0.5) is 0 Å². The summed E-state index contributed by atoms with van der Waals surface area (Å²) in [6.07, 6.45) is 3.97. The lowest BCUT2D eigenvalue weighted by atomic mass is 10.1. The molecule has 2 aromatic carbocycles. The molecule has 0 bridgehead atoms. The van der Waals surface area contributed by atoms with Crippen LogP contribution in [0.25, 0.3) is 11.6 Å². The second-order valence-corrected chi connectivity index (χ2v) is 5.35. The van der Waals surface area contributed by atoms with Gasteiger partial charge in [-0.1, -0.05) is 53.7 Å². The molecule has 1 heterocycles. The first-order valence-corrected chi connectivity index (χ1v) is 7.52. The zero-order chi connectivity index (χ0) is 16.1. The van der Waals surface area contributed by atoms with E-state index in [-0.39, 0.29) is 0 Å². The van der Waals surface area contributed by atoms with Crippen molar-refractivity contribution in [3.8, 4) is 5.75 Å². The van der Waals surface area contributed by atoms with Crippen LogP contribution < -0.4 is 4.74 Å². The fourth-order valence-corrected chi connectivity index (χ4v) is 2.50. The van der Waals surface area contributed by atoms with Crippen molar-refractivity contribution in [3.63, 3.8) is 0 Å². The van der Waals surface area contributed by atoms with Gasteiger partial charge in [0.15, 0.2) is 0 Å². The van der Waals surface area contributed by atoms with Gasteiger partial charge in [-0.3, -0.25) is 0 Å². The van der Waals surface area contributed by atoms with Crippen LogP contribution in [0.1, 0.15) is 23.7 Å². The fraction of sp³-hybridized carbons (Fsp3) is 0.158. The Hall–Kier alpha value is -2.88. The number of ether oxygens (including phenoxy) is 1. The van der Waals surface area contributed by atoms with E-state index >= 15 is 0 Å². The summed E-state index contributed by atoms with van der Waals surface area (Å²) in [5.41, 5.74) is 4.19. The highest BCUT2D eigenvalue weighted by Crippen LogP contribution is 2.26. The first-order valence-electron chi connectivity index (χ1n) is 7.52. The molecule has 3 rings (SSSR count). The smallest absolute Gasteiger partial charge is 0.126 e. The van der Waals surface area contributed by atoms with E-state index in [4.69, 9.17) is 4.74 Å². The van der Waals surface area contributed by atoms with E-state index in [1.54, 1.807) is 7.11 Å². The summed E-state index contributed by atoms with van der Waals surface area (Å²) in [5, 5.41) is 8.42. The first kappa shape index (κ1) is 15.0. The maximum absolute atomic E-state index is 5.41. The molecule has 23 heavy (non-hydrogen) atoms. The number of allylic oxidation sites excluding steroid dienone is 1. The Labute approximate surface area is 136 Å². The first-order chi connectivity index (χ1) is 11.3. The lowest BCUT2D eigenvalue weighted by Crippen LogP contribution is -1.99. The van der Waals surface area contributed by atoms with Gasteiger partial charge in [0.05, 0.1) is 19.9 Å². The third kappa shape index (κ3) is 3.66. The van der Waals surface area contributed by atoms with Crippen molar-refractivity contribution < 1.29 is 4.74 Å². The summed E-state index contributed by atoms with van der Waals surface area (Å²) in [6.45, 7) is 2.77. The summed E-state index contributed by atoms with van der Waals surface area (Å²) in [7, 11) is 1.68. The number of hydrogen-bond acceptors (Lipinski definition) is 3. The van der Waals surface area contributed by atoms with Crippen LogP contribution >= 0.6 is 0 Å². The van der Waals surface area contributed by atoms with Crippen LogP contribution in [0.2, 0.25) is 0 Å². The van der Waals surface area contributed by atoms with Gasteiger partial charge in [-0.05, 0) is 30.2 Å². The molecule has 116 valence electrons. The molecule has 1 aromatic heterocycles. The zero-order valence-corrected chi connectivity index (χ0v) is 13.3. The number of hydrogen-bond donors (Lipinski definition) is 0. The van der Waals surface area contributed by atoms with Crippen molar-refractivity contribution in [1.82, 2.24) is 15.0 Å². The second kappa shape index (κ2) is 6.92. The molecule has 0 saturated heterocycles. The van der Waals surface area contributed by atoms with Gasteiger partial charge in [-0.2, -0.15) is 0 Å². The minimum Gasteiger partial charge on any atom is -0.496 e. The quantitative estimate of drug-likeness (QED) is 0.718. The summed E-state index contributed by atoms with van der Waals surface area (Å²) in [4.78, 5) is 0. The molecule has 0 aliphatic heterocycles. The molecule has 0 aliphatic rings. The standard InChI is InChI=1S/C19H19N3O/c1-15(18-10-6-7-11-19(18)23-2)12-17-14-22(21-20-17)13-16-8-4-3-5-9-16/h3-12,14H,13H2,1-2H3/b15-12-. The maximum atomic E-state index is 5.41. The van der Waals surface area contributed by atoms with E-state index in [0.29, 0.717) is 0 Å². The third-order valence-corrected chi connectivity index (χ3v) is 3.64. The van der Waals surface area contributed by atoms with Gasteiger partial charge in [0, 0.05) is 5.56 Å². The van der Waals surface area contributed by atoms with E-state index < -0.39 is 0 Å². The number of aromatic nitrogens is 3. The Kier molecular flexibility index (Phi) is 4.52. The van der Waals surface area contributed by atoms with Crippen LogP contribution in [-0.4, -0.2) is 22.1 Å². The molecule has 3 aromatic rings. The molecular formula is C19H19N3O. The molecule has 0 amide bonds. The molecule has 0 saturated carbocycles. The van der Waals surface area contributed by atoms with Crippen LogP contribution in [-0.2, 0) is 6.54 Å². The topological polar surface area (TPSA) is 39.9 Å². The molecule has 0 spiro atoms. The molecule has 4 heteroatoms. The molecule has 0 fully saturated rings. The van der Waals surface area contributed by atoms with Gasteiger partial charge in [0.1, 0.15) is 11.4 Å². The molecule has 0 N–H and O–H groups in total. The lowest BCUT2D eigenvalue weighted by Gasteiger charge is -2.07. The van der Waals surface area contributed by atoms with Crippen LogP contribution in [0.5, 0.6) is 5.75 Å². The second-order valence-electron chi connectivity index (χ2n) is 5.35. The highest BCUT2D eigenvalue weighted by atomic mass is 16.5. The van der Waals surface area contributed by atoms with Crippen LogP contribution in [0, 0.1) is 0 Å². The number of benzene rings is 2. The average molecular weight is 305 g/mol. The van der Waals surface area contributed by atoms with Gasteiger partial charge in [0.25, 0.3) is 0 Å². The van der Waals surface area contributed by atoms with Gasteiger partial charge in [-0.15, -0.1) is 5.10 Å². The van der Waals surface area contributed by atoms with Gasteiger partial charge >= 0.3 is 0 Å². The summed E-state index contributed by atoms with van der Waals surface area (Å²) >= 11 is 0. The third-order valence-electron chi connectivity index (χ3n) is 3.64. The maximum Gasteiger partial charge on any atom is 0.126 e. The van der Waals surface area contributed by atoms with Crippen LogP contribution in [0.3, 0.4) is 0 Å². The van der Waals surface area contributed by atoms with Crippen molar-refractivity contribution >= 4 is 11.6 Å². The van der Waals surface area contributed by atoms with Gasteiger partial charge < -0.3 is 4.74 Å². The molecule has 0 radical (unpaired) electrons. The van der Waals surface area contributed by atoms with E-state index in [1.165, 1.54) is 5.56 Å². The summed E-state index contributed by atoms with van der Waals surface area (Å²) in [6, 6.07) is 18.2. The van der Waals surface area contributed by atoms with Crippen molar-refractivity contribution in [2.24, 2.45) is 0 Å². The number of rotatable bonds is 5. The Morgan fingerprint density at radius 3 is 2.61 bits per heavy atom. The van der Waals surface area contributed by atoms with E-state index in [9.17, 15) is 0 Å². The predicted octanol–water partition coefficient (Wildman–Crippen LogP) is 3.90.